The molecule has 0 unspecified atom stereocenters. The maximum atomic E-state index is 13.8. The standard InChI is InChI=1S/C32H39N3O5S/c1-3-27(32(37)33-25-14-5-4-6-15-25)34(22-23-11-7-16-26(21-23)40-2)30(36)19-10-20-35-28-17-8-12-24-13-9-18-29(31(24)28)41(35,38)39/h7-9,11-13,16-18,21,25,27H,3-6,10,14-15,19-20,22H2,1-2H3,(H,33,37)/t27-/m0/s1. The van der Waals surface area contributed by atoms with Gasteiger partial charge in [-0.15, -0.1) is 0 Å². The fourth-order valence-corrected chi connectivity index (χ4v) is 7.90. The molecule has 1 aliphatic carbocycles. The van der Waals surface area contributed by atoms with Crippen molar-refractivity contribution in [2.24, 2.45) is 0 Å². The van der Waals surface area contributed by atoms with Gasteiger partial charge in [0.15, 0.2) is 0 Å². The summed E-state index contributed by atoms with van der Waals surface area (Å²) in [5.74, 6) is 0.383. The second kappa shape index (κ2) is 12.5. The van der Waals surface area contributed by atoms with Gasteiger partial charge >= 0.3 is 0 Å². The minimum atomic E-state index is -3.69. The van der Waals surface area contributed by atoms with E-state index >= 15 is 0 Å². The smallest absolute Gasteiger partial charge is 0.265 e. The van der Waals surface area contributed by atoms with E-state index in [1.807, 2.05) is 55.5 Å². The zero-order valence-corrected chi connectivity index (χ0v) is 24.7. The Bertz CT molecular complexity index is 1510. The van der Waals surface area contributed by atoms with Crippen molar-refractivity contribution >= 4 is 38.3 Å². The Balaban J connectivity index is 1.33. The highest BCUT2D eigenvalue weighted by Gasteiger charge is 2.36. The van der Waals surface area contributed by atoms with Crippen LogP contribution in [0, 0.1) is 0 Å². The van der Waals surface area contributed by atoms with Crippen LogP contribution >= 0.6 is 0 Å². The third-order valence-corrected chi connectivity index (χ3v) is 10.1. The molecule has 1 saturated carbocycles. The van der Waals surface area contributed by atoms with Crippen molar-refractivity contribution in [1.82, 2.24) is 10.2 Å². The number of benzene rings is 3. The lowest BCUT2D eigenvalue weighted by molar-refractivity contribution is -0.141. The quantitative estimate of drug-likeness (QED) is 0.330. The van der Waals surface area contributed by atoms with Crippen molar-refractivity contribution in [3.05, 3.63) is 66.2 Å². The third kappa shape index (κ3) is 6.05. The van der Waals surface area contributed by atoms with Crippen LogP contribution in [-0.4, -0.2) is 50.9 Å². The maximum absolute atomic E-state index is 13.8. The average Bonchev–Trinajstić information content (AvgIpc) is 3.20. The molecule has 218 valence electrons. The molecule has 1 aliphatic heterocycles. The summed E-state index contributed by atoms with van der Waals surface area (Å²) in [6.45, 7) is 2.37. The lowest BCUT2D eigenvalue weighted by Crippen LogP contribution is -2.51. The first kappa shape index (κ1) is 28.9. The molecular weight excluding hydrogens is 538 g/mol. The fourth-order valence-electron chi connectivity index (χ4n) is 6.15. The van der Waals surface area contributed by atoms with Gasteiger partial charge in [0.05, 0.1) is 17.7 Å². The number of methoxy groups -OCH3 is 1. The van der Waals surface area contributed by atoms with E-state index in [1.54, 1.807) is 24.1 Å². The number of nitrogens with zero attached hydrogens (tertiary/aromatic N) is 2. The van der Waals surface area contributed by atoms with Gasteiger partial charge in [0, 0.05) is 30.9 Å². The van der Waals surface area contributed by atoms with Crippen molar-refractivity contribution in [2.45, 2.75) is 81.8 Å². The van der Waals surface area contributed by atoms with Gasteiger partial charge in [-0.2, -0.15) is 0 Å². The molecular formula is C32H39N3O5S. The molecule has 9 heteroatoms. The molecule has 41 heavy (non-hydrogen) atoms. The number of amides is 2. The lowest BCUT2D eigenvalue weighted by atomic mass is 9.95. The lowest BCUT2D eigenvalue weighted by Gasteiger charge is -2.33. The van der Waals surface area contributed by atoms with Gasteiger partial charge < -0.3 is 15.0 Å². The van der Waals surface area contributed by atoms with Crippen LogP contribution in [0.5, 0.6) is 5.75 Å². The van der Waals surface area contributed by atoms with E-state index < -0.39 is 16.1 Å². The van der Waals surface area contributed by atoms with Crippen LogP contribution in [0.4, 0.5) is 5.69 Å². The SMILES string of the molecule is CC[C@@H](C(=O)NC1CCCCC1)N(Cc1cccc(OC)c1)C(=O)CCCN1c2cccc3cccc(c23)S1(=O)=O. The Kier molecular flexibility index (Phi) is 8.82. The molecule has 0 spiro atoms. The number of rotatable bonds is 11. The van der Waals surface area contributed by atoms with E-state index in [1.165, 1.54) is 10.7 Å². The first-order valence-corrected chi connectivity index (χ1v) is 16.0. The molecule has 1 fully saturated rings. The van der Waals surface area contributed by atoms with E-state index in [-0.39, 0.29) is 37.4 Å². The van der Waals surface area contributed by atoms with Crippen molar-refractivity contribution < 1.29 is 22.7 Å². The van der Waals surface area contributed by atoms with Crippen molar-refractivity contribution in [3.8, 4) is 5.75 Å². The number of sulfonamides is 1. The summed E-state index contributed by atoms with van der Waals surface area (Å²) in [7, 11) is -2.10. The summed E-state index contributed by atoms with van der Waals surface area (Å²) < 4.78 is 33.5. The number of nitrogens with one attached hydrogen (secondary N) is 1. The van der Waals surface area contributed by atoms with Crippen LogP contribution < -0.4 is 14.4 Å². The Morgan fingerprint density at radius 1 is 1.05 bits per heavy atom. The molecule has 8 nitrogen and oxygen atoms in total. The first-order valence-electron chi connectivity index (χ1n) is 14.6. The zero-order valence-electron chi connectivity index (χ0n) is 23.8. The molecule has 0 bridgehead atoms. The normalized spacial score (nSPS) is 16.9. The molecule has 2 aliphatic rings. The van der Waals surface area contributed by atoms with Gasteiger partial charge in [0.2, 0.25) is 11.8 Å². The summed E-state index contributed by atoms with van der Waals surface area (Å²) >= 11 is 0. The molecule has 1 N–H and O–H groups in total. The number of hydrogen-bond acceptors (Lipinski definition) is 5. The Labute approximate surface area is 242 Å². The van der Waals surface area contributed by atoms with Gasteiger partial charge in [-0.3, -0.25) is 13.9 Å². The van der Waals surface area contributed by atoms with Gasteiger partial charge in [0.1, 0.15) is 11.8 Å². The summed E-state index contributed by atoms with van der Waals surface area (Å²) in [6.07, 6.45) is 6.25. The first-order chi connectivity index (χ1) is 19.8. The maximum Gasteiger partial charge on any atom is 0.265 e. The summed E-state index contributed by atoms with van der Waals surface area (Å²) in [6, 6.07) is 17.9. The third-order valence-electron chi connectivity index (χ3n) is 8.26. The highest BCUT2D eigenvalue weighted by Crippen LogP contribution is 2.42. The molecule has 1 atom stereocenters. The predicted octanol–water partition coefficient (Wildman–Crippen LogP) is 5.39. The summed E-state index contributed by atoms with van der Waals surface area (Å²) in [4.78, 5) is 29.2. The van der Waals surface area contributed by atoms with E-state index in [2.05, 4.69) is 5.32 Å². The molecule has 5 rings (SSSR count). The topological polar surface area (TPSA) is 96.0 Å². The molecule has 2 amide bonds. The highest BCUT2D eigenvalue weighted by atomic mass is 32.2. The summed E-state index contributed by atoms with van der Waals surface area (Å²) in [5.41, 5.74) is 1.52. The van der Waals surface area contributed by atoms with Crippen LogP contribution in [0.25, 0.3) is 10.8 Å². The van der Waals surface area contributed by atoms with Crippen LogP contribution in [0.1, 0.15) is 63.9 Å². The van der Waals surface area contributed by atoms with Gasteiger partial charge in [-0.05, 0) is 60.9 Å². The molecule has 3 aromatic rings. The second-order valence-corrected chi connectivity index (χ2v) is 12.8. The van der Waals surface area contributed by atoms with Crippen LogP contribution in [0.3, 0.4) is 0 Å². The molecule has 1 heterocycles. The number of hydrogen-bond donors (Lipinski definition) is 1. The minimum Gasteiger partial charge on any atom is -0.497 e. The van der Waals surface area contributed by atoms with Crippen LogP contribution in [0.2, 0.25) is 0 Å². The van der Waals surface area contributed by atoms with Gasteiger partial charge in [0.25, 0.3) is 10.0 Å². The van der Waals surface area contributed by atoms with Crippen LogP contribution in [0.15, 0.2) is 65.6 Å². The highest BCUT2D eigenvalue weighted by molar-refractivity contribution is 7.93. The fraction of sp³-hybridized carbons (Fsp3) is 0.438. The number of ether oxygens (including phenoxy) is 1. The molecule has 0 saturated heterocycles. The van der Waals surface area contributed by atoms with Crippen LogP contribution in [-0.2, 0) is 26.2 Å². The van der Waals surface area contributed by atoms with E-state index in [9.17, 15) is 18.0 Å². The Morgan fingerprint density at radius 3 is 2.51 bits per heavy atom. The molecule has 0 aromatic heterocycles. The minimum absolute atomic E-state index is 0.121. The molecule has 0 radical (unpaired) electrons. The number of anilines is 1. The van der Waals surface area contributed by atoms with E-state index in [0.717, 1.165) is 42.0 Å². The average molecular weight is 578 g/mol. The largest absolute Gasteiger partial charge is 0.497 e. The number of carbonyl (C=O) groups is 2. The Morgan fingerprint density at radius 2 is 1.78 bits per heavy atom. The van der Waals surface area contributed by atoms with Gasteiger partial charge in [-0.25, -0.2) is 8.42 Å². The van der Waals surface area contributed by atoms with Crippen molar-refractivity contribution in [3.63, 3.8) is 0 Å². The number of carbonyl (C=O) groups excluding carboxylic acids is 2. The molecule has 3 aromatic carbocycles. The van der Waals surface area contributed by atoms with Gasteiger partial charge in [-0.1, -0.05) is 62.6 Å². The summed E-state index contributed by atoms with van der Waals surface area (Å²) in [5, 5.41) is 4.81. The van der Waals surface area contributed by atoms with E-state index in [4.69, 9.17) is 4.74 Å². The predicted molar refractivity (Wildman–Crippen MR) is 160 cm³/mol. The Hall–Kier alpha value is -3.59. The second-order valence-electron chi connectivity index (χ2n) is 11.0. The van der Waals surface area contributed by atoms with E-state index in [0.29, 0.717) is 29.2 Å². The zero-order chi connectivity index (χ0) is 29.0. The monoisotopic (exact) mass is 577 g/mol. The van der Waals surface area contributed by atoms with Crippen molar-refractivity contribution in [1.29, 1.82) is 0 Å². The van der Waals surface area contributed by atoms with Crippen molar-refractivity contribution in [2.75, 3.05) is 18.0 Å².